The van der Waals surface area contributed by atoms with E-state index in [2.05, 4.69) is 0 Å². The van der Waals surface area contributed by atoms with Gasteiger partial charge in [0.15, 0.2) is 0 Å². The summed E-state index contributed by atoms with van der Waals surface area (Å²) in [6.45, 7) is 1.47. The molecule has 2 aromatic carbocycles. The summed E-state index contributed by atoms with van der Waals surface area (Å²) in [6.07, 6.45) is 10.9. The number of rotatable bonds is 16. The number of nitrogen functional groups attached to an aromatic ring is 2. The van der Waals surface area contributed by atoms with Crippen LogP contribution < -0.4 is 20.9 Å². The van der Waals surface area contributed by atoms with Gasteiger partial charge >= 0.3 is 0 Å². The molecule has 6 nitrogen and oxygen atoms in total. The van der Waals surface area contributed by atoms with Crippen LogP contribution in [0, 0.1) is 10.8 Å². The Bertz CT molecular complexity index is 721. The molecule has 2 rings (SSSR count). The largest absolute Gasteiger partial charge is 0.494 e. The van der Waals surface area contributed by atoms with Gasteiger partial charge in [0.1, 0.15) is 23.2 Å². The van der Waals surface area contributed by atoms with Gasteiger partial charge in [0.25, 0.3) is 0 Å². The molecule has 0 aromatic heterocycles. The van der Waals surface area contributed by atoms with Gasteiger partial charge in [-0.2, -0.15) is 0 Å². The molecule has 0 heterocycles. The standard InChI is InChI=1S/C25H36N4O2/c26-24(27)20-10-14-22(15-11-20)30-18-8-6-4-2-1-3-5-7-9-19-31-23-16-12-21(13-17-23)25(28)29/h10-17H,1-9,18-19H2,(H3,26,27)(H3,28,29). The molecule has 6 heteroatoms. The van der Waals surface area contributed by atoms with E-state index in [-0.39, 0.29) is 11.7 Å². The smallest absolute Gasteiger partial charge is 0.122 e. The van der Waals surface area contributed by atoms with Crippen molar-refractivity contribution in [2.75, 3.05) is 13.2 Å². The van der Waals surface area contributed by atoms with Gasteiger partial charge in [0.05, 0.1) is 13.2 Å². The molecular weight excluding hydrogens is 388 g/mol. The van der Waals surface area contributed by atoms with Crippen LogP contribution in [0.4, 0.5) is 0 Å². The normalized spacial score (nSPS) is 10.6. The highest BCUT2D eigenvalue weighted by Crippen LogP contribution is 2.15. The molecule has 0 aliphatic carbocycles. The van der Waals surface area contributed by atoms with Crippen molar-refractivity contribution in [2.24, 2.45) is 11.5 Å². The van der Waals surface area contributed by atoms with Crippen LogP contribution in [-0.4, -0.2) is 24.9 Å². The van der Waals surface area contributed by atoms with Crippen LogP contribution in [0.15, 0.2) is 48.5 Å². The Morgan fingerprint density at radius 2 is 0.806 bits per heavy atom. The zero-order valence-electron chi connectivity index (χ0n) is 18.4. The van der Waals surface area contributed by atoms with Crippen molar-refractivity contribution in [1.29, 1.82) is 10.8 Å². The molecule has 0 bridgehead atoms. The van der Waals surface area contributed by atoms with Crippen LogP contribution in [0.2, 0.25) is 0 Å². The first kappa shape index (κ1) is 24.3. The summed E-state index contributed by atoms with van der Waals surface area (Å²) in [7, 11) is 0. The van der Waals surface area contributed by atoms with Crippen molar-refractivity contribution in [3.8, 4) is 11.5 Å². The van der Waals surface area contributed by atoms with Crippen molar-refractivity contribution in [3.05, 3.63) is 59.7 Å². The molecule has 168 valence electrons. The molecule has 0 fully saturated rings. The van der Waals surface area contributed by atoms with Gasteiger partial charge in [-0.25, -0.2) is 0 Å². The molecule has 0 atom stereocenters. The van der Waals surface area contributed by atoms with E-state index in [0.29, 0.717) is 0 Å². The number of benzene rings is 2. The topological polar surface area (TPSA) is 118 Å². The molecule has 0 radical (unpaired) electrons. The average molecular weight is 425 g/mol. The quantitative estimate of drug-likeness (QED) is 0.168. The fourth-order valence-electron chi connectivity index (χ4n) is 3.28. The number of ether oxygens (including phenoxy) is 2. The van der Waals surface area contributed by atoms with Crippen LogP contribution in [0.1, 0.15) is 68.9 Å². The summed E-state index contributed by atoms with van der Waals surface area (Å²) < 4.78 is 11.5. The van der Waals surface area contributed by atoms with Gasteiger partial charge < -0.3 is 20.9 Å². The Hall–Kier alpha value is -3.02. The number of hydrogen-bond donors (Lipinski definition) is 4. The SMILES string of the molecule is N=C(N)c1ccc(OCCCCCCCCCCCOc2ccc(C(=N)N)cc2)cc1. The first-order valence-electron chi connectivity index (χ1n) is 11.2. The maximum Gasteiger partial charge on any atom is 0.122 e. The third-order valence-corrected chi connectivity index (χ3v) is 5.16. The van der Waals surface area contributed by atoms with Crippen LogP contribution in [0.5, 0.6) is 11.5 Å². The first-order chi connectivity index (χ1) is 15.1. The van der Waals surface area contributed by atoms with Gasteiger partial charge in [0.2, 0.25) is 0 Å². The molecule has 0 amide bonds. The van der Waals surface area contributed by atoms with Crippen LogP contribution >= 0.6 is 0 Å². The van der Waals surface area contributed by atoms with Gasteiger partial charge in [-0.3, -0.25) is 10.8 Å². The van der Waals surface area contributed by atoms with E-state index >= 15 is 0 Å². The highest BCUT2D eigenvalue weighted by Gasteiger charge is 1.99. The minimum atomic E-state index is 0.0807. The fourth-order valence-corrected chi connectivity index (χ4v) is 3.28. The fraction of sp³-hybridized carbons (Fsp3) is 0.440. The monoisotopic (exact) mass is 424 g/mol. The van der Waals surface area contributed by atoms with Crippen molar-refractivity contribution in [3.63, 3.8) is 0 Å². The Kier molecular flexibility index (Phi) is 11.0. The van der Waals surface area contributed by atoms with Crippen molar-refractivity contribution < 1.29 is 9.47 Å². The number of amidine groups is 2. The second kappa shape index (κ2) is 14.1. The van der Waals surface area contributed by atoms with E-state index in [1.54, 1.807) is 0 Å². The lowest BCUT2D eigenvalue weighted by Gasteiger charge is -2.07. The highest BCUT2D eigenvalue weighted by atomic mass is 16.5. The van der Waals surface area contributed by atoms with Crippen LogP contribution in [0.3, 0.4) is 0 Å². The summed E-state index contributed by atoms with van der Waals surface area (Å²) in [5.74, 6) is 1.83. The Labute approximate surface area is 186 Å². The second-order valence-electron chi connectivity index (χ2n) is 7.76. The second-order valence-corrected chi connectivity index (χ2v) is 7.76. The maximum absolute atomic E-state index is 7.38. The minimum absolute atomic E-state index is 0.0807. The van der Waals surface area contributed by atoms with Crippen molar-refractivity contribution in [2.45, 2.75) is 57.8 Å². The van der Waals surface area contributed by atoms with Gasteiger partial charge in [-0.05, 0) is 61.4 Å². The first-order valence-corrected chi connectivity index (χ1v) is 11.2. The van der Waals surface area contributed by atoms with E-state index in [9.17, 15) is 0 Å². The molecule has 6 N–H and O–H groups in total. The van der Waals surface area contributed by atoms with Gasteiger partial charge in [-0.15, -0.1) is 0 Å². The van der Waals surface area contributed by atoms with E-state index < -0.39 is 0 Å². The van der Waals surface area contributed by atoms with Gasteiger partial charge in [0, 0.05) is 11.1 Å². The number of unbranched alkanes of at least 4 members (excludes halogenated alkanes) is 8. The van der Waals surface area contributed by atoms with Crippen LogP contribution in [0.25, 0.3) is 0 Å². The summed E-state index contributed by atoms with van der Waals surface area (Å²) in [6, 6.07) is 14.7. The minimum Gasteiger partial charge on any atom is -0.494 e. The maximum atomic E-state index is 7.38. The number of nitrogens with two attached hydrogens (primary N) is 2. The summed E-state index contributed by atoms with van der Waals surface area (Å²) >= 11 is 0. The molecule has 0 unspecified atom stereocenters. The lowest BCUT2D eigenvalue weighted by Crippen LogP contribution is -2.10. The molecule has 0 saturated carbocycles. The summed E-state index contributed by atoms with van der Waals surface area (Å²) in [4.78, 5) is 0. The third-order valence-electron chi connectivity index (χ3n) is 5.16. The van der Waals surface area contributed by atoms with Crippen molar-refractivity contribution >= 4 is 11.7 Å². The predicted octanol–water partition coefficient (Wildman–Crippen LogP) is 5.22. The van der Waals surface area contributed by atoms with E-state index in [4.69, 9.17) is 31.8 Å². The van der Waals surface area contributed by atoms with E-state index in [1.165, 1.54) is 44.9 Å². The Morgan fingerprint density at radius 3 is 1.10 bits per heavy atom. The number of nitrogens with one attached hydrogen (secondary N) is 2. The van der Waals surface area contributed by atoms with Gasteiger partial charge in [-0.1, -0.05) is 44.9 Å². The lowest BCUT2D eigenvalue weighted by atomic mass is 10.1. The lowest BCUT2D eigenvalue weighted by molar-refractivity contribution is 0.302. The molecule has 0 aliphatic heterocycles. The third kappa shape index (κ3) is 10.0. The Balaban J connectivity index is 1.37. The summed E-state index contributed by atoms with van der Waals surface area (Å²) in [5.41, 5.74) is 12.3. The van der Waals surface area contributed by atoms with E-state index in [1.807, 2.05) is 48.5 Å². The summed E-state index contributed by atoms with van der Waals surface area (Å²) in [5, 5.41) is 14.8. The molecule has 0 saturated heterocycles. The highest BCUT2D eigenvalue weighted by molar-refractivity contribution is 5.95. The van der Waals surface area contributed by atoms with Crippen molar-refractivity contribution in [1.82, 2.24) is 0 Å². The molecule has 31 heavy (non-hydrogen) atoms. The molecule has 2 aromatic rings. The molecule has 0 aliphatic rings. The zero-order valence-corrected chi connectivity index (χ0v) is 18.4. The molecule has 0 spiro atoms. The van der Waals surface area contributed by atoms with Crippen LogP contribution in [-0.2, 0) is 0 Å². The average Bonchev–Trinajstić information content (AvgIpc) is 2.77. The Morgan fingerprint density at radius 1 is 0.516 bits per heavy atom. The van der Waals surface area contributed by atoms with E-state index in [0.717, 1.165) is 48.7 Å². The molecular formula is C25H36N4O2. The zero-order chi connectivity index (χ0) is 22.3. The number of hydrogen-bond acceptors (Lipinski definition) is 4. The predicted molar refractivity (Wildman–Crippen MR) is 127 cm³/mol.